The number of H-pyrrole nitrogens is 1. The molecule has 8 heteroatoms. The first-order valence-corrected chi connectivity index (χ1v) is 4.01. The molecule has 74 valence electrons. The summed E-state index contributed by atoms with van der Waals surface area (Å²) >= 11 is 0. The molecule has 0 aliphatic carbocycles. The molecule has 0 bridgehead atoms. The van der Waals surface area contributed by atoms with Crippen molar-refractivity contribution in [3.63, 3.8) is 0 Å². The van der Waals surface area contributed by atoms with Crippen molar-refractivity contribution in [2.45, 2.75) is 6.42 Å². The van der Waals surface area contributed by atoms with Crippen molar-refractivity contribution in [1.82, 2.24) is 25.3 Å². The van der Waals surface area contributed by atoms with Crippen molar-refractivity contribution in [1.29, 1.82) is 0 Å². The summed E-state index contributed by atoms with van der Waals surface area (Å²) in [6.45, 7) is 0.622. The molecule has 0 saturated carbocycles. The molecular weight excluding hydrogens is 186 g/mol. The number of hydrogen-bond acceptors (Lipinski definition) is 7. The Bertz CT molecular complexity index is 381. The highest BCUT2D eigenvalue weighted by atomic mass is 16.5. The van der Waals surface area contributed by atoms with Crippen LogP contribution in [0.5, 0.6) is 0 Å². The van der Waals surface area contributed by atoms with Crippen LogP contribution >= 0.6 is 0 Å². The number of rotatable bonds is 4. The van der Waals surface area contributed by atoms with E-state index in [1.807, 2.05) is 0 Å². The summed E-state index contributed by atoms with van der Waals surface area (Å²) in [5.74, 6) is 1.39. The lowest BCUT2D eigenvalue weighted by Crippen LogP contribution is -2.07. The summed E-state index contributed by atoms with van der Waals surface area (Å²) in [4.78, 5) is 7.73. The zero-order valence-electron chi connectivity index (χ0n) is 7.27. The third-order valence-electron chi connectivity index (χ3n) is 1.54. The minimum absolute atomic E-state index is 0.284. The van der Waals surface area contributed by atoms with Gasteiger partial charge >= 0.3 is 0 Å². The molecule has 0 fully saturated rings. The Hall–Kier alpha value is -2.12. The van der Waals surface area contributed by atoms with E-state index < -0.39 is 0 Å². The summed E-state index contributed by atoms with van der Waals surface area (Å²) < 4.78 is 4.58. The lowest BCUT2D eigenvalue weighted by molar-refractivity contribution is 0.410. The van der Waals surface area contributed by atoms with E-state index in [4.69, 9.17) is 5.73 Å². The van der Waals surface area contributed by atoms with E-state index in [0.717, 1.165) is 0 Å². The maximum atomic E-state index is 5.34. The Kier molecular flexibility index (Phi) is 2.26. The van der Waals surface area contributed by atoms with Crippen molar-refractivity contribution < 1.29 is 4.52 Å². The molecule has 14 heavy (non-hydrogen) atoms. The van der Waals surface area contributed by atoms with E-state index in [9.17, 15) is 0 Å². The first-order chi connectivity index (χ1) is 6.84. The van der Waals surface area contributed by atoms with Crippen molar-refractivity contribution in [2.24, 2.45) is 0 Å². The molecule has 2 aromatic rings. The lowest BCUT2D eigenvalue weighted by atomic mass is 10.4. The predicted octanol–water partition coefficient (Wildman–Crippen LogP) is -0.576. The number of nitrogens with two attached hydrogens (primary N) is 1. The standard InChI is InChI=1S/C6H9N7O/c7-5-10-6(12-11-5)8-2-1-4-9-3-14-13-4/h3H,1-2H2,(H4,7,8,10,11,12). The Morgan fingerprint density at radius 1 is 1.57 bits per heavy atom. The zero-order chi connectivity index (χ0) is 9.80. The maximum absolute atomic E-state index is 5.34. The molecule has 0 aliphatic rings. The number of aromatic nitrogens is 5. The molecular formula is C6H9N7O. The Balaban J connectivity index is 1.78. The Morgan fingerprint density at radius 2 is 2.50 bits per heavy atom. The van der Waals surface area contributed by atoms with Gasteiger partial charge in [0.05, 0.1) is 0 Å². The molecule has 0 unspecified atom stereocenters. The van der Waals surface area contributed by atoms with E-state index in [1.165, 1.54) is 6.39 Å². The number of nitrogens with zero attached hydrogens (tertiary/aromatic N) is 4. The predicted molar refractivity (Wildman–Crippen MR) is 47.3 cm³/mol. The fourth-order valence-corrected chi connectivity index (χ4v) is 0.942. The van der Waals surface area contributed by atoms with Gasteiger partial charge in [0.25, 0.3) is 0 Å². The molecule has 2 heterocycles. The normalized spacial score (nSPS) is 10.3. The first kappa shape index (κ1) is 8.48. The van der Waals surface area contributed by atoms with Crippen LogP contribution in [0.1, 0.15) is 5.82 Å². The summed E-state index contributed by atoms with van der Waals surface area (Å²) in [5.41, 5.74) is 5.34. The van der Waals surface area contributed by atoms with Gasteiger partial charge in [0, 0.05) is 13.0 Å². The van der Waals surface area contributed by atoms with Gasteiger partial charge in [-0.3, -0.25) is 0 Å². The van der Waals surface area contributed by atoms with Gasteiger partial charge in [0.2, 0.25) is 18.3 Å². The summed E-state index contributed by atoms with van der Waals surface area (Å²) in [6.07, 6.45) is 1.94. The molecule has 0 saturated heterocycles. The molecule has 0 spiro atoms. The molecule has 0 aliphatic heterocycles. The van der Waals surface area contributed by atoms with E-state index in [2.05, 4.69) is 35.2 Å². The minimum atomic E-state index is 0.284. The number of nitrogens with one attached hydrogen (secondary N) is 2. The Morgan fingerprint density at radius 3 is 3.14 bits per heavy atom. The molecule has 2 aromatic heterocycles. The van der Waals surface area contributed by atoms with E-state index in [-0.39, 0.29) is 5.95 Å². The second kappa shape index (κ2) is 3.73. The average molecular weight is 195 g/mol. The SMILES string of the molecule is Nc1nc(NCCc2ncon2)n[nH]1. The van der Waals surface area contributed by atoms with E-state index >= 15 is 0 Å². The van der Waals surface area contributed by atoms with Crippen molar-refractivity contribution in [3.8, 4) is 0 Å². The number of anilines is 2. The molecule has 0 aromatic carbocycles. The lowest BCUT2D eigenvalue weighted by Gasteiger charge is -1.96. The number of nitrogen functional groups attached to an aromatic ring is 1. The fourth-order valence-electron chi connectivity index (χ4n) is 0.942. The summed E-state index contributed by atoms with van der Waals surface area (Å²) in [6, 6.07) is 0. The fraction of sp³-hybridized carbons (Fsp3) is 0.333. The summed E-state index contributed by atoms with van der Waals surface area (Å²) in [5, 5.41) is 12.9. The largest absolute Gasteiger partial charge is 0.368 e. The highest BCUT2D eigenvalue weighted by Gasteiger charge is 2.00. The van der Waals surface area contributed by atoms with E-state index in [1.54, 1.807) is 0 Å². The van der Waals surface area contributed by atoms with Gasteiger partial charge in [-0.2, -0.15) is 9.97 Å². The quantitative estimate of drug-likeness (QED) is 0.597. The van der Waals surface area contributed by atoms with Crippen LogP contribution in [-0.2, 0) is 6.42 Å². The van der Waals surface area contributed by atoms with Gasteiger partial charge in [-0.15, -0.1) is 5.10 Å². The van der Waals surface area contributed by atoms with Crippen LogP contribution in [0.25, 0.3) is 0 Å². The van der Waals surface area contributed by atoms with Crippen LogP contribution in [-0.4, -0.2) is 31.9 Å². The van der Waals surface area contributed by atoms with E-state index in [0.29, 0.717) is 24.7 Å². The first-order valence-electron chi connectivity index (χ1n) is 4.01. The monoisotopic (exact) mass is 195 g/mol. The Labute approximate surface area is 78.9 Å². The number of hydrogen-bond donors (Lipinski definition) is 3. The topological polar surface area (TPSA) is 119 Å². The van der Waals surface area contributed by atoms with Crippen molar-refractivity contribution in [3.05, 3.63) is 12.2 Å². The molecule has 0 atom stereocenters. The van der Waals surface area contributed by atoms with Crippen LogP contribution < -0.4 is 11.1 Å². The van der Waals surface area contributed by atoms with Crippen LogP contribution in [0.4, 0.5) is 11.9 Å². The van der Waals surface area contributed by atoms with Gasteiger partial charge in [0.15, 0.2) is 5.82 Å². The third kappa shape index (κ3) is 1.97. The number of aromatic amines is 1. The average Bonchev–Trinajstić information content (AvgIpc) is 2.77. The van der Waals surface area contributed by atoms with Gasteiger partial charge in [-0.25, -0.2) is 5.10 Å². The highest BCUT2D eigenvalue weighted by Crippen LogP contribution is 1.98. The van der Waals surface area contributed by atoms with Gasteiger partial charge in [-0.05, 0) is 0 Å². The van der Waals surface area contributed by atoms with Crippen molar-refractivity contribution >= 4 is 11.9 Å². The molecule has 0 amide bonds. The minimum Gasteiger partial charge on any atom is -0.368 e. The highest BCUT2D eigenvalue weighted by molar-refractivity contribution is 5.29. The van der Waals surface area contributed by atoms with Crippen LogP contribution in [0.15, 0.2) is 10.9 Å². The smallest absolute Gasteiger partial charge is 0.243 e. The van der Waals surface area contributed by atoms with Crippen LogP contribution in [0.2, 0.25) is 0 Å². The third-order valence-corrected chi connectivity index (χ3v) is 1.54. The van der Waals surface area contributed by atoms with Crippen LogP contribution in [0, 0.1) is 0 Å². The van der Waals surface area contributed by atoms with Gasteiger partial charge in [-0.1, -0.05) is 5.16 Å². The summed E-state index contributed by atoms with van der Waals surface area (Å²) in [7, 11) is 0. The molecule has 2 rings (SSSR count). The second-order valence-corrected chi connectivity index (χ2v) is 2.57. The van der Waals surface area contributed by atoms with Gasteiger partial charge < -0.3 is 15.6 Å². The second-order valence-electron chi connectivity index (χ2n) is 2.57. The molecule has 8 nitrogen and oxygen atoms in total. The zero-order valence-corrected chi connectivity index (χ0v) is 7.27. The molecule has 0 radical (unpaired) electrons. The van der Waals surface area contributed by atoms with Crippen LogP contribution in [0.3, 0.4) is 0 Å². The van der Waals surface area contributed by atoms with Crippen molar-refractivity contribution in [2.75, 3.05) is 17.6 Å². The maximum Gasteiger partial charge on any atom is 0.243 e. The molecule has 4 N–H and O–H groups in total. The van der Waals surface area contributed by atoms with Gasteiger partial charge in [0.1, 0.15) is 0 Å².